The molecule has 0 rings (SSSR count). The zero-order chi connectivity index (χ0) is 67.2. The van der Waals surface area contributed by atoms with E-state index < -0.39 is 26.5 Å². The molecule has 3 N–H and O–H groups in total. The fraction of sp³-hybridized carbons (Fsp3) is 0.639. The molecule has 0 saturated heterocycles. The number of allylic oxidation sites excluding steroid dienone is 28. The van der Waals surface area contributed by atoms with Crippen molar-refractivity contribution in [1.29, 1.82) is 0 Å². The summed E-state index contributed by atoms with van der Waals surface area (Å²) < 4.78 is 33.2. The second-order valence-corrected chi connectivity index (χ2v) is 25.9. The maximum Gasteiger partial charge on any atom is 0.472 e. The van der Waals surface area contributed by atoms with Crippen molar-refractivity contribution in [3.8, 4) is 0 Å². The van der Waals surface area contributed by atoms with Gasteiger partial charge in [0.15, 0.2) is 6.10 Å². The number of esters is 2. The molecule has 10 heteroatoms. The van der Waals surface area contributed by atoms with Crippen molar-refractivity contribution in [2.45, 2.75) is 315 Å². The number of carbonyl (C=O) groups is 2. The summed E-state index contributed by atoms with van der Waals surface area (Å²) in [5.41, 5.74) is 5.41. The van der Waals surface area contributed by atoms with Crippen LogP contribution in [0.15, 0.2) is 170 Å². The quantitative estimate of drug-likeness (QED) is 0.0264. The lowest BCUT2D eigenvalue weighted by atomic mass is 10.0. The van der Waals surface area contributed by atoms with E-state index in [1.807, 2.05) is 0 Å². The summed E-state index contributed by atoms with van der Waals surface area (Å²) in [6.45, 7) is 3.51. The fourth-order valence-electron chi connectivity index (χ4n) is 10.1. The lowest BCUT2D eigenvalue weighted by Gasteiger charge is -2.19. The van der Waals surface area contributed by atoms with E-state index in [9.17, 15) is 19.0 Å². The highest BCUT2D eigenvalue weighted by Gasteiger charge is 2.26. The van der Waals surface area contributed by atoms with Crippen LogP contribution < -0.4 is 5.73 Å². The normalized spacial score (nSPS) is 13.9. The number of carbonyl (C=O) groups excluding carboxylic acids is 2. The molecule has 0 aliphatic rings. The number of rotatable bonds is 69. The minimum Gasteiger partial charge on any atom is -0.462 e. The van der Waals surface area contributed by atoms with E-state index >= 15 is 0 Å². The molecular weight excluding hydrogens is 1170 g/mol. The highest BCUT2D eigenvalue weighted by molar-refractivity contribution is 7.47. The molecule has 93 heavy (non-hydrogen) atoms. The number of hydrogen-bond donors (Lipinski definition) is 2. The first-order valence-corrected chi connectivity index (χ1v) is 39.1. The second kappa shape index (κ2) is 76.4. The average Bonchev–Trinajstić information content (AvgIpc) is 3.04. The Kier molecular flexibility index (Phi) is 72.6. The summed E-state index contributed by atoms with van der Waals surface area (Å²) in [7, 11) is -4.41. The van der Waals surface area contributed by atoms with Gasteiger partial charge in [-0.15, -0.1) is 0 Å². The molecule has 0 radical (unpaired) electrons. The van der Waals surface area contributed by atoms with Crippen LogP contribution in [0.3, 0.4) is 0 Å². The van der Waals surface area contributed by atoms with Crippen molar-refractivity contribution in [3.05, 3.63) is 170 Å². The number of ether oxygens (including phenoxy) is 2. The van der Waals surface area contributed by atoms with E-state index in [-0.39, 0.29) is 38.6 Å². The highest BCUT2D eigenvalue weighted by atomic mass is 31.2. The minimum absolute atomic E-state index is 0.0440. The Labute approximate surface area is 571 Å². The topological polar surface area (TPSA) is 134 Å². The van der Waals surface area contributed by atoms with E-state index in [0.29, 0.717) is 6.42 Å². The summed E-state index contributed by atoms with van der Waals surface area (Å²) in [6, 6.07) is 0. The molecule has 0 aromatic rings. The predicted octanol–water partition coefficient (Wildman–Crippen LogP) is 25.3. The molecule has 9 nitrogen and oxygen atoms in total. The maximum atomic E-state index is 12.8. The molecule has 0 spiro atoms. The van der Waals surface area contributed by atoms with Gasteiger partial charge in [0.05, 0.1) is 13.2 Å². The molecule has 2 unspecified atom stereocenters. The van der Waals surface area contributed by atoms with Crippen molar-refractivity contribution in [2.75, 3.05) is 26.4 Å². The van der Waals surface area contributed by atoms with Gasteiger partial charge in [0.25, 0.3) is 0 Å². The molecule has 0 bridgehead atoms. The van der Waals surface area contributed by atoms with Gasteiger partial charge in [-0.2, -0.15) is 0 Å². The third-order valence-corrected chi connectivity index (χ3v) is 16.6. The predicted molar refractivity (Wildman–Crippen MR) is 403 cm³/mol. The number of phosphoric acid groups is 1. The third kappa shape index (κ3) is 76.3. The van der Waals surface area contributed by atoms with Crippen molar-refractivity contribution in [1.82, 2.24) is 0 Å². The van der Waals surface area contributed by atoms with Gasteiger partial charge in [-0.25, -0.2) is 4.57 Å². The Hall–Kier alpha value is -4.63. The largest absolute Gasteiger partial charge is 0.472 e. The molecule has 0 aliphatic carbocycles. The highest BCUT2D eigenvalue weighted by Crippen LogP contribution is 2.43. The average molecular weight is 1310 g/mol. The van der Waals surface area contributed by atoms with Crippen LogP contribution in [-0.2, 0) is 32.7 Å². The number of phosphoric ester groups is 1. The summed E-state index contributed by atoms with van der Waals surface area (Å²) in [5, 5.41) is 0. The van der Waals surface area contributed by atoms with E-state index in [1.165, 1.54) is 128 Å². The molecule has 0 amide bonds. The van der Waals surface area contributed by atoms with E-state index in [2.05, 4.69) is 184 Å². The fourth-order valence-corrected chi connectivity index (χ4v) is 10.9. The van der Waals surface area contributed by atoms with Crippen LogP contribution in [-0.4, -0.2) is 49.3 Å². The monoisotopic (exact) mass is 1310 g/mol. The summed E-state index contributed by atoms with van der Waals surface area (Å²) >= 11 is 0. The lowest BCUT2D eigenvalue weighted by molar-refractivity contribution is -0.161. The van der Waals surface area contributed by atoms with Gasteiger partial charge < -0.3 is 20.1 Å². The first-order chi connectivity index (χ1) is 45.8. The van der Waals surface area contributed by atoms with Crippen LogP contribution in [0.4, 0.5) is 0 Å². The summed E-state index contributed by atoms with van der Waals surface area (Å²) in [4.78, 5) is 35.4. The van der Waals surface area contributed by atoms with Crippen molar-refractivity contribution in [2.24, 2.45) is 5.73 Å². The minimum atomic E-state index is -4.41. The zero-order valence-corrected chi connectivity index (χ0v) is 60.3. The number of nitrogens with two attached hydrogens (primary N) is 1. The zero-order valence-electron chi connectivity index (χ0n) is 59.4. The third-order valence-electron chi connectivity index (χ3n) is 15.6. The Balaban J connectivity index is 3.93. The van der Waals surface area contributed by atoms with E-state index in [0.717, 1.165) is 148 Å². The summed E-state index contributed by atoms with van der Waals surface area (Å²) in [5.74, 6) is -0.845. The van der Waals surface area contributed by atoms with Crippen LogP contribution in [0.5, 0.6) is 0 Å². The molecule has 0 aromatic carbocycles. The van der Waals surface area contributed by atoms with Crippen LogP contribution in [0.1, 0.15) is 309 Å². The van der Waals surface area contributed by atoms with Crippen molar-refractivity contribution < 1.29 is 37.6 Å². The van der Waals surface area contributed by atoms with Crippen LogP contribution >= 0.6 is 7.82 Å². The van der Waals surface area contributed by atoms with Crippen LogP contribution in [0.25, 0.3) is 0 Å². The van der Waals surface area contributed by atoms with Gasteiger partial charge in [-0.3, -0.25) is 18.6 Å². The molecule has 0 aromatic heterocycles. The number of hydrogen-bond acceptors (Lipinski definition) is 8. The van der Waals surface area contributed by atoms with Crippen LogP contribution in [0, 0.1) is 0 Å². The Morgan fingerprint density at radius 3 is 0.828 bits per heavy atom. The standard InChI is InChI=1S/C83H138NO8P/c1-3-5-7-9-11-13-15-17-19-21-23-25-27-29-31-33-35-37-39-40-42-44-46-48-50-52-54-56-58-60-62-64-66-68-70-72-74-76-83(86)92-81(80-91-93(87,88)90-78-77-84)79-89-82(85)75-73-71-69-67-65-63-61-59-57-55-53-51-49-47-45-43-41-38-36-34-32-30-28-26-24-22-20-18-16-14-12-10-8-6-4-2/h5-8,11-14,17-20,23-26,29,31,35,37,40,42,46,48,52,54,58,60,81H,3-4,9-10,15-16,21-22,27-28,30,32-34,36,38-39,41,43-45,47,49-51,53,55-57,59,61-80,84H2,1-2H3,(H,87,88)/b7-5-,8-6-,13-11-,14-12-,19-17-,20-18-,25-23-,26-24-,31-29-,37-35-,42-40-,48-46-,54-52-,60-58-. The molecule has 0 heterocycles. The SMILES string of the molecule is CC/C=C\C/C=C\C/C=C\C/C=C\C/C=C\C/C=C\C/C=C\C/C=C\C/C=C\C/C=C\CCCCCCCCC(=O)OC(COC(=O)CCCCCCCCCCCCCCCCCCCCCCCC/C=C\C/C=C\C/C=C\C/C=C\CC)COP(=O)(O)OCCN. The first-order valence-electron chi connectivity index (χ1n) is 37.6. The molecule has 0 saturated carbocycles. The molecular formula is C83H138NO8P. The first kappa shape index (κ1) is 88.4. The second-order valence-electron chi connectivity index (χ2n) is 24.4. The van der Waals surface area contributed by atoms with Gasteiger partial charge >= 0.3 is 19.8 Å². The van der Waals surface area contributed by atoms with Gasteiger partial charge in [0.2, 0.25) is 0 Å². The van der Waals surface area contributed by atoms with Gasteiger partial charge in [-0.05, 0) is 128 Å². The van der Waals surface area contributed by atoms with Gasteiger partial charge in [-0.1, -0.05) is 338 Å². The molecule has 2 atom stereocenters. The maximum absolute atomic E-state index is 12.8. The van der Waals surface area contributed by atoms with Gasteiger partial charge in [0.1, 0.15) is 6.61 Å². The van der Waals surface area contributed by atoms with Crippen molar-refractivity contribution in [3.63, 3.8) is 0 Å². The Morgan fingerprint density at radius 1 is 0.323 bits per heavy atom. The Morgan fingerprint density at radius 2 is 0.559 bits per heavy atom. The Bertz CT molecular complexity index is 2140. The molecule has 528 valence electrons. The molecule has 0 aliphatic heterocycles. The van der Waals surface area contributed by atoms with Crippen molar-refractivity contribution >= 4 is 19.8 Å². The van der Waals surface area contributed by atoms with E-state index in [4.69, 9.17) is 24.3 Å². The van der Waals surface area contributed by atoms with Gasteiger partial charge in [0, 0.05) is 19.4 Å². The smallest absolute Gasteiger partial charge is 0.462 e. The van der Waals surface area contributed by atoms with Crippen LogP contribution in [0.2, 0.25) is 0 Å². The number of unbranched alkanes of at least 4 members (excludes halogenated alkanes) is 28. The summed E-state index contributed by atoms with van der Waals surface area (Å²) in [6.07, 6.45) is 113. The lowest BCUT2D eigenvalue weighted by Crippen LogP contribution is -2.29. The molecule has 0 fully saturated rings. The van der Waals surface area contributed by atoms with E-state index in [1.54, 1.807) is 0 Å².